The van der Waals surface area contributed by atoms with Crippen LogP contribution in [-0.2, 0) is 0 Å². The summed E-state index contributed by atoms with van der Waals surface area (Å²) in [7, 11) is 0. The third-order valence-electron chi connectivity index (χ3n) is 3.55. The summed E-state index contributed by atoms with van der Waals surface area (Å²) in [6, 6.07) is 8.48. The van der Waals surface area contributed by atoms with Crippen molar-refractivity contribution < 1.29 is 4.39 Å². The second-order valence-corrected chi connectivity index (χ2v) is 6.09. The van der Waals surface area contributed by atoms with Crippen molar-refractivity contribution in [1.29, 1.82) is 0 Å². The van der Waals surface area contributed by atoms with Crippen LogP contribution in [0.3, 0.4) is 0 Å². The van der Waals surface area contributed by atoms with Crippen LogP contribution in [0.25, 0.3) is 5.65 Å². The van der Waals surface area contributed by atoms with Crippen LogP contribution < -0.4 is 0 Å². The van der Waals surface area contributed by atoms with Crippen molar-refractivity contribution in [3.63, 3.8) is 0 Å². The topological polar surface area (TPSA) is 42.0 Å². The number of azo groups is 1. The zero-order chi connectivity index (χ0) is 16.6. The molecule has 0 bridgehead atoms. The molecule has 0 saturated carbocycles. The molecule has 4 nitrogen and oxygen atoms in total. The fraction of sp³-hybridized carbons (Fsp3) is 0.235. The highest BCUT2D eigenvalue weighted by atomic mass is 35.5. The van der Waals surface area contributed by atoms with E-state index < -0.39 is 0 Å². The molecule has 0 radical (unpaired) electrons. The Hall–Kier alpha value is -2.27. The molecule has 118 valence electrons. The zero-order valence-corrected chi connectivity index (χ0v) is 13.8. The van der Waals surface area contributed by atoms with Gasteiger partial charge in [-0.3, -0.25) is 4.40 Å². The lowest BCUT2D eigenvalue weighted by molar-refractivity contribution is 0.619. The van der Waals surface area contributed by atoms with Crippen LogP contribution in [0.4, 0.5) is 15.9 Å². The second-order valence-electron chi connectivity index (χ2n) is 5.68. The van der Waals surface area contributed by atoms with Gasteiger partial charge in [-0.2, -0.15) is 0 Å². The Kier molecular flexibility index (Phi) is 4.13. The van der Waals surface area contributed by atoms with Crippen LogP contribution in [0.1, 0.15) is 31.0 Å². The predicted molar refractivity (Wildman–Crippen MR) is 89.6 cm³/mol. The molecule has 1 aromatic carbocycles. The van der Waals surface area contributed by atoms with Gasteiger partial charge < -0.3 is 0 Å². The average molecular weight is 331 g/mol. The van der Waals surface area contributed by atoms with Gasteiger partial charge in [0.05, 0.1) is 11.4 Å². The highest BCUT2D eigenvalue weighted by Crippen LogP contribution is 2.30. The molecule has 23 heavy (non-hydrogen) atoms. The third kappa shape index (κ3) is 3.10. The van der Waals surface area contributed by atoms with E-state index >= 15 is 0 Å². The van der Waals surface area contributed by atoms with Crippen molar-refractivity contribution in [3.05, 3.63) is 58.6 Å². The molecule has 3 rings (SSSR count). The smallest absolute Gasteiger partial charge is 0.183 e. The van der Waals surface area contributed by atoms with Crippen molar-refractivity contribution in [3.8, 4) is 0 Å². The van der Waals surface area contributed by atoms with E-state index in [0.29, 0.717) is 22.2 Å². The van der Waals surface area contributed by atoms with E-state index in [1.54, 1.807) is 16.5 Å². The minimum atomic E-state index is -0.347. The molecule has 0 aliphatic carbocycles. The lowest BCUT2D eigenvalue weighted by atomic mass is 10.1. The quantitative estimate of drug-likeness (QED) is 0.545. The zero-order valence-electron chi connectivity index (χ0n) is 13.1. The van der Waals surface area contributed by atoms with E-state index in [0.717, 1.165) is 11.3 Å². The van der Waals surface area contributed by atoms with E-state index in [2.05, 4.69) is 15.2 Å². The highest BCUT2D eigenvalue weighted by molar-refractivity contribution is 6.31. The minimum Gasteiger partial charge on any atom is -0.280 e. The molecule has 0 aliphatic heterocycles. The Morgan fingerprint density at radius 3 is 2.65 bits per heavy atom. The van der Waals surface area contributed by atoms with Gasteiger partial charge >= 0.3 is 0 Å². The van der Waals surface area contributed by atoms with Crippen LogP contribution in [0, 0.1) is 12.7 Å². The molecule has 0 fully saturated rings. The molecule has 0 N–H and O–H groups in total. The molecule has 0 amide bonds. The number of benzene rings is 1. The van der Waals surface area contributed by atoms with E-state index in [9.17, 15) is 4.39 Å². The Labute approximate surface area is 138 Å². The first-order valence-electron chi connectivity index (χ1n) is 7.31. The van der Waals surface area contributed by atoms with Crippen molar-refractivity contribution in [2.45, 2.75) is 26.7 Å². The molecule has 0 spiro atoms. The minimum absolute atomic E-state index is 0.147. The summed E-state index contributed by atoms with van der Waals surface area (Å²) in [5.74, 6) is 0.333. The number of hydrogen-bond donors (Lipinski definition) is 0. The Morgan fingerprint density at radius 2 is 1.96 bits per heavy atom. The average Bonchev–Trinajstić information content (AvgIpc) is 2.86. The van der Waals surface area contributed by atoms with Gasteiger partial charge in [-0.25, -0.2) is 9.37 Å². The summed E-state index contributed by atoms with van der Waals surface area (Å²) >= 11 is 6.10. The maximum Gasteiger partial charge on any atom is 0.183 e. The van der Waals surface area contributed by atoms with Gasteiger partial charge in [-0.05, 0) is 42.7 Å². The predicted octanol–water partition coefficient (Wildman–Crippen LogP) is 5.97. The molecule has 3 aromatic rings. The van der Waals surface area contributed by atoms with Gasteiger partial charge in [-0.1, -0.05) is 31.5 Å². The van der Waals surface area contributed by atoms with Crippen LogP contribution in [0.5, 0.6) is 0 Å². The summed E-state index contributed by atoms with van der Waals surface area (Å²) in [6.07, 6.45) is 1.37. The first-order valence-corrected chi connectivity index (χ1v) is 7.69. The summed E-state index contributed by atoms with van der Waals surface area (Å²) in [5, 5.41) is 9.16. The summed E-state index contributed by atoms with van der Waals surface area (Å²) in [5.41, 5.74) is 3.04. The SMILES string of the molecule is Cc1ccc(N=Nc2c(C(C)C)nc3ccc(F)cn23)cc1Cl. The summed E-state index contributed by atoms with van der Waals surface area (Å²) in [4.78, 5) is 4.51. The lowest BCUT2D eigenvalue weighted by Gasteiger charge is -2.02. The lowest BCUT2D eigenvalue weighted by Crippen LogP contribution is -1.88. The molecule has 0 aliphatic rings. The van der Waals surface area contributed by atoms with Crippen LogP contribution >= 0.6 is 11.6 Å². The van der Waals surface area contributed by atoms with Crippen LogP contribution in [0.15, 0.2) is 46.8 Å². The molecule has 6 heteroatoms. The van der Waals surface area contributed by atoms with Crippen molar-refractivity contribution >= 4 is 28.8 Å². The maximum absolute atomic E-state index is 13.5. The Bertz CT molecular complexity index is 899. The number of hydrogen-bond acceptors (Lipinski definition) is 3. The van der Waals surface area contributed by atoms with Gasteiger partial charge in [0.15, 0.2) is 5.82 Å². The molecule has 2 aromatic heterocycles. The molecule has 0 unspecified atom stereocenters. The normalized spacial score (nSPS) is 11.9. The van der Waals surface area contributed by atoms with E-state index in [1.165, 1.54) is 12.3 Å². The van der Waals surface area contributed by atoms with Gasteiger partial charge in [0, 0.05) is 11.2 Å². The summed E-state index contributed by atoms with van der Waals surface area (Å²) < 4.78 is 15.2. The largest absolute Gasteiger partial charge is 0.280 e. The Morgan fingerprint density at radius 1 is 1.17 bits per heavy atom. The van der Waals surface area contributed by atoms with E-state index in [4.69, 9.17) is 11.6 Å². The monoisotopic (exact) mass is 330 g/mol. The van der Waals surface area contributed by atoms with Crippen LogP contribution in [0.2, 0.25) is 5.02 Å². The Balaban J connectivity index is 2.10. The third-order valence-corrected chi connectivity index (χ3v) is 3.95. The molecule has 0 atom stereocenters. The number of aryl methyl sites for hydroxylation is 1. The van der Waals surface area contributed by atoms with Crippen molar-refractivity contribution in [2.24, 2.45) is 10.2 Å². The first kappa shape index (κ1) is 15.6. The second kappa shape index (κ2) is 6.08. The number of rotatable bonds is 3. The fourth-order valence-electron chi connectivity index (χ4n) is 2.26. The molecule has 0 saturated heterocycles. The van der Waals surface area contributed by atoms with Gasteiger partial charge in [0.25, 0.3) is 0 Å². The number of aromatic nitrogens is 2. The number of fused-ring (bicyclic) bond motifs is 1. The molecular weight excluding hydrogens is 315 g/mol. The standard InChI is InChI=1S/C17H16ClFN4/c1-10(2)16-17(23-9-12(19)5-7-15(23)20-16)22-21-13-6-4-11(3)14(18)8-13/h4-10H,1-3H3. The maximum atomic E-state index is 13.5. The van der Waals surface area contributed by atoms with Crippen molar-refractivity contribution in [1.82, 2.24) is 9.38 Å². The first-order chi connectivity index (χ1) is 11.0. The van der Waals surface area contributed by atoms with Gasteiger partial charge in [0.1, 0.15) is 11.5 Å². The van der Waals surface area contributed by atoms with Gasteiger partial charge in [-0.15, -0.1) is 10.2 Å². The number of pyridine rings is 1. The van der Waals surface area contributed by atoms with Gasteiger partial charge in [0.2, 0.25) is 0 Å². The van der Waals surface area contributed by atoms with E-state index in [1.807, 2.05) is 32.9 Å². The van der Waals surface area contributed by atoms with E-state index in [-0.39, 0.29) is 11.7 Å². The van der Waals surface area contributed by atoms with Crippen molar-refractivity contribution in [2.75, 3.05) is 0 Å². The molecule has 2 heterocycles. The number of halogens is 2. The summed E-state index contributed by atoms with van der Waals surface area (Å²) in [6.45, 7) is 5.95. The fourth-order valence-corrected chi connectivity index (χ4v) is 2.44. The molecular formula is C17H16ClFN4. The highest BCUT2D eigenvalue weighted by Gasteiger charge is 2.15. The number of nitrogens with zero attached hydrogens (tertiary/aromatic N) is 4. The van der Waals surface area contributed by atoms with Crippen LogP contribution in [-0.4, -0.2) is 9.38 Å². The number of imidazole rings is 1.